The van der Waals surface area contributed by atoms with E-state index in [4.69, 9.17) is 4.42 Å². The lowest BCUT2D eigenvalue weighted by Crippen LogP contribution is -2.35. The van der Waals surface area contributed by atoms with Crippen molar-refractivity contribution in [3.8, 4) is 0 Å². The van der Waals surface area contributed by atoms with Gasteiger partial charge in [-0.3, -0.25) is 4.79 Å². The number of fused-ring (bicyclic) bond motifs is 1. The summed E-state index contributed by atoms with van der Waals surface area (Å²) in [6, 6.07) is 7.82. The molecule has 0 saturated heterocycles. The van der Waals surface area contributed by atoms with Gasteiger partial charge in [-0.2, -0.15) is 0 Å². The molecule has 4 heteroatoms. The molecule has 0 spiro atoms. The van der Waals surface area contributed by atoms with Gasteiger partial charge in [-0.05, 0) is 25.0 Å². The van der Waals surface area contributed by atoms with E-state index >= 15 is 0 Å². The molecule has 0 aliphatic heterocycles. The Hall–Kier alpha value is -1.81. The molecule has 96 valence electrons. The van der Waals surface area contributed by atoms with Crippen molar-refractivity contribution in [3.63, 3.8) is 0 Å². The Morgan fingerprint density at radius 1 is 1.44 bits per heavy atom. The smallest absolute Gasteiger partial charge is 0.250 e. The summed E-state index contributed by atoms with van der Waals surface area (Å²) in [5, 5.41) is 10.3. The number of nitrogens with zero attached hydrogens (tertiary/aromatic N) is 1. The maximum atomic E-state index is 11.5. The van der Waals surface area contributed by atoms with Crippen LogP contribution in [-0.4, -0.2) is 35.6 Å². The van der Waals surface area contributed by atoms with E-state index in [1.807, 2.05) is 24.3 Å². The fourth-order valence-electron chi connectivity index (χ4n) is 1.94. The van der Waals surface area contributed by atoms with Gasteiger partial charge in [-0.1, -0.05) is 18.2 Å². The third-order valence-corrected chi connectivity index (χ3v) is 3.01. The first-order chi connectivity index (χ1) is 8.59. The lowest BCUT2D eigenvalue weighted by molar-refractivity contribution is -0.137. The monoisotopic (exact) mass is 247 g/mol. The van der Waals surface area contributed by atoms with E-state index in [0.717, 1.165) is 16.5 Å². The normalized spacial score (nSPS) is 12.6. The van der Waals surface area contributed by atoms with Gasteiger partial charge < -0.3 is 14.4 Å². The predicted octanol–water partition coefficient (Wildman–Crippen LogP) is 1.81. The van der Waals surface area contributed by atoms with Crippen LogP contribution >= 0.6 is 0 Å². The molecule has 1 atom stereocenters. The highest BCUT2D eigenvalue weighted by atomic mass is 16.3. The van der Waals surface area contributed by atoms with Gasteiger partial charge in [0.25, 0.3) is 5.91 Å². The summed E-state index contributed by atoms with van der Waals surface area (Å²) in [5.41, 5.74) is 1.94. The van der Waals surface area contributed by atoms with Crippen molar-refractivity contribution in [3.05, 3.63) is 36.1 Å². The maximum absolute atomic E-state index is 11.5. The molecule has 1 aromatic carbocycles. The number of hydrogen-bond donors (Lipinski definition) is 1. The van der Waals surface area contributed by atoms with E-state index in [1.54, 1.807) is 13.3 Å². The van der Waals surface area contributed by atoms with Crippen molar-refractivity contribution in [2.45, 2.75) is 19.4 Å². The summed E-state index contributed by atoms with van der Waals surface area (Å²) in [7, 11) is 1.69. The first-order valence-corrected chi connectivity index (χ1v) is 5.97. The van der Waals surface area contributed by atoms with Crippen LogP contribution in [0.3, 0.4) is 0 Å². The van der Waals surface area contributed by atoms with E-state index in [1.165, 1.54) is 11.8 Å². The largest absolute Gasteiger partial charge is 0.464 e. The number of aliphatic hydroxyl groups is 1. The van der Waals surface area contributed by atoms with E-state index in [-0.39, 0.29) is 5.91 Å². The molecule has 2 aromatic rings. The SMILES string of the molecule is CC(O)C(=O)N(C)CCc1coc2ccccc12. The number of furan rings is 1. The number of carbonyl (C=O) groups is 1. The minimum absolute atomic E-state index is 0.261. The molecule has 1 aromatic heterocycles. The zero-order chi connectivity index (χ0) is 13.1. The first kappa shape index (κ1) is 12.6. The highest BCUT2D eigenvalue weighted by Gasteiger charge is 2.15. The van der Waals surface area contributed by atoms with Crippen molar-refractivity contribution in [1.29, 1.82) is 0 Å². The second-order valence-electron chi connectivity index (χ2n) is 4.44. The minimum Gasteiger partial charge on any atom is -0.464 e. The average Bonchev–Trinajstić information content (AvgIpc) is 2.78. The van der Waals surface area contributed by atoms with Gasteiger partial charge in [-0.25, -0.2) is 0 Å². The molecule has 0 saturated carbocycles. The Labute approximate surface area is 106 Å². The van der Waals surface area contributed by atoms with E-state index in [0.29, 0.717) is 13.0 Å². The Morgan fingerprint density at radius 2 is 2.17 bits per heavy atom. The molecular formula is C14H17NO3. The van der Waals surface area contributed by atoms with Crippen LogP contribution in [0.15, 0.2) is 34.9 Å². The Bertz CT molecular complexity index is 545. The number of para-hydroxylation sites is 1. The molecule has 0 radical (unpaired) electrons. The fourth-order valence-corrected chi connectivity index (χ4v) is 1.94. The molecule has 1 unspecified atom stereocenters. The van der Waals surface area contributed by atoms with Crippen LogP contribution in [0.5, 0.6) is 0 Å². The molecule has 4 nitrogen and oxygen atoms in total. The number of carbonyl (C=O) groups excluding carboxylic acids is 1. The minimum atomic E-state index is -0.948. The number of benzene rings is 1. The fraction of sp³-hybridized carbons (Fsp3) is 0.357. The van der Waals surface area contributed by atoms with Gasteiger partial charge in [0, 0.05) is 19.0 Å². The van der Waals surface area contributed by atoms with Crippen molar-refractivity contribution in [1.82, 2.24) is 4.90 Å². The zero-order valence-electron chi connectivity index (χ0n) is 10.6. The van der Waals surface area contributed by atoms with Crippen LogP contribution < -0.4 is 0 Å². The van der Waals surface area contributed by atoms with Gasteiger partial charge in [0.05, 0.1) is 6.26 Å². The van der Waals surface area contributed by atoms with Crippen LogP contribution in [-0.2, 0) is 11.2 Å². The molecule has 18 heavy (non-hydrogen) atoms. The van der Waals surface area contributed by atoms with Gasteiger partial charge >= 0.3 is 0 Å². The van der Waals surface area contributed by atoms with Crippen LogP contribution in [0.2, 0.25) is 0 Å². The molecule has 0 fully saturated rings. The van der Waals surface area contributed by atoms with E-state index < -0.39 is 6.10 Å². The summed E-state index contributed by atoms with van der Waals surface area (Å²) in [6.07, 6.45) is 1.49. The molecule has 0 bridgehead atoms. The summed E-state index contributed by atoms with van der Waals surface area (Å²) in [6.45, 7) is 2.04. The van der Waals surface area contributed by atoms with Gasteiger partial charge in [0.2, 0.25) is 0 Å². The topological polar surface area (TPSA) is 53.7 Å². The van der Waals surface area contributed by atoms with Crippen molar-refractivity contribution >= 4 is 16.9 Å². The van der Waals surface area contributed by atoms with Crippen molar-refractivity contribution in [2.24, 2.45) is 0 Å². The Balaban J connectivity index is 2.04. The van der Waals surface area contributed by atoms with Crippen LogP contribution in [0.4, 0.5) is 0 Å². The van der Waals surface area contributed by atoms with Gasteiger partial charge in [-0.15, -0.1) is 0 Å². The third-order valence-electron chi connectivity index (χ3n) is 3.01. The number of aliphatic hydroxyl groups excluding tert-OH is 1. The quantitative estimate of drug-likeness (QED) is 0.896. The molecule has 1 N–H and O–H groups in total. The standard InChI is InChI=1S/C14H17NO3/c1-10(16)14(17)15(2)8-7-11-9-18-13-6-4-3-5-12(11)13/h3-6,9-10,16H,7-8H2,1-2H3. The number of rotatable bonds is 4. The molecular weight excluding hydrogens is 230 g/mol. The number of likely N-dealkylation sites (N-methyl/N-ethyl adjacent to an activating group) is 1. The van der Waals surface area contributed by atoms with Crippen molar-refractivity contribution < 1.29 is 14.3 Å². The van der Waals surface area contributed by atoms with E-state index in [9.17, 15) is 9.90 Å². The molecule has 2 rings (SSSR count). The lowest BCUT2D eigenvalue weighted by atomic mass is 10.1. The highest BCUT2D eigenvalue weighted by Crippen LogP contribution is 2.21. The van der Waals surface area contributed by atoms with Crippen molar-refractivity contribution in [2.75, 3.05) is 13.6 Å². The average molecular weight is 247 g/mol. The van der Waals surface area contributed by atoms with Gasteiger partial charge in [0.1, 0.15) is 11.7 Å². The Kier molecular flexibility index (Phi) is 3.67. The third kappa shape index (κ3) is 2.54. The van der Waals surface area contributed by atoms with Crippen LogP contribution in [0.1, 0.15) is 12.5 Å². The summed E-state index contributed by atoms with van der Waals surface area (Å²) < 4.78 is 5.44. The number of hydrogen-bond acceptors (Lipinski definition) is 3. The molecule has 0 aliphatic carbocycles. The lowest BCUT2D eigenvalue weighted by Gasteiger charge is -2.18. The van der Waals surface area contributed by atoms with E-state index in [2.05, 4.69) is 0 Å². The molecule has 0 aliphatic rings. The first-order valence-electron chi connectivity index (χ1n) is 5.97. The summed E-state index contributed by atoms with van der Waals surface area (Å²) in [4.78, 5) is 13.1. The summed E-state index contributed by atoms with van der Waals surface area (Å²) >= 11 is 0. The Morgan fingerprint density at radius 3 is 2.89 bits per heavy atom. The second kappa shape index (κ2) is 5.23. The second-order valence-corrected chi connectivity index (χ2v) is 4.44. The predicted molar refractivity (Wildman–Crippen MR) is 69.2 cm³/mol. The summed E-state index contributed by atoms with van der Waals surface area (Å²) in [5.74, 6) is -0.261. The maximum Gasteiger partial charge on any atom is 0.250 e. The van der Waals surface area contributed by atoms with Gasteiger partial charge in [0.15, 0.2) is 0 Å². The molecule has 1 heterocycles. The van der Waals surface area contributed by atoms with Crippen LogP contribution in [0.25, 0.3) is 11.0 Å². The number of amides is 1. The van der Waals surface area contributed by atoms with Crippen LogP contribution in [0, 0.1) is 0 Å². The highest BCUT2D eigenvalue weighted by molar-refractivity contribution is 5.81. The molecule has 1 amide bonds. The zero-order valence-corrected chi connectivity index (χ0v) is 10.6.